The highest BCUT2D eigenvalue weighted by atomic mass is 16.2. The summed E-state index contributed by atoms with van der Waals surface area (Å²) in [6, 6.07) is 12.8. The zero-order chi connectivity index (χ0) is 16.2. The lowest BCUT2D eigenvalue weighted by atomic mass is 10.1. The topological polar surface area (TPSA) is 86.9 Å². The van der Waals surface area contributed by atoms with E-state index in [4.69, 9.17) is 0 Å². The van der Waals surface area contributed by atoms with Crippen LogP contribution in [0.4, 0.5) is 5.82 Å². The molecule has 0 aliphatic carbocycles. The summed E-state index contributed by atoms with van der Waals surface area (Å²) in [5.41, 5.74) is 2.23. The number of nitrogens with zero attached hydrogens (tertiary/aromatic N) is 1. The van der Waals surface area contributed by atoms with Crippen LogP contribution in [0.25, 0.3) is 10.9 Å². The minimum atomic E-state index is -0.324. The molecule has 0 spiro atoms. The lowest BCUT2D eigenvalue weighted by Crippen LogP contribution is -2.33. The Bertz CT molecular complexity index is 855. The van der Waals surface area contributed by atoms with E-state index in [9.17, 15) is 9.59 Å². The second-order valence-electron chi connectivity index (χ2n) is 5.12. The lowest BCUT2D eigenvalue weighted by molar-refractivity contribution is -0.115. The van der Waals surface area contributed by atoms with Crippen molar-refractivity contribution in [3.63, 3.8) is 0 Å². The Hall–Kier alpha value is -3.15. The molecule has 116 valence electrons. The average Bonchev–Trinajstić information content (AvgIpc) is 2.89. The quantitative estimate of drug-likeness (QED) is 0.691. The summed E-state index contributed by atoms with van der Waals surface area (Å²) < 4.78 is 0. The van der Waals surface area contributed by atoms with E-state index < -0.39 is 0 Å². The van der Waals surface area contributed by atoms with Gasteiger partial charge in [0.15, 0.2) is 0 Å². The molecule has 2 amide bonds. The van der Waals surface area contributed by atoms with Crippen LogP contribution in [0.3, 0.4) is 0 Å². The number of para-hydroxylation sites is 1. The molecule has 0 bridgehead atoms. The first kappa shape index (κ1) is 14.8. The van der Waals surface area contributed by atoms with Gasteiger partial charge in [0.1, 0.15) is 5.82 Å². The predicted octanol–water partition coefficient (Wildman–Crippen LogP) is 2.24. The number of carbonyl (C=O) groups excluding carboxylic acids is 2. The molecule has 3 rings (SSSR count). The Morgan fingerprint density at radius 3 is 2.70 bits per heavy atom. The van der Waals surface area contributed by atoms with Gasteiger partial charge in [-0.25, -0.2) is 4.98 Å². The summed E-state index contributed by atoms with van der Waals surface area (Å²) in [5, 5.41) is 6.10. The Balaban J connectivity index is 1.67. The molecule has 0 unspecified atom stereocenters. The third-order valence-electron chi connectivity index (χ3n) is 3.46. The summed E-state index contributed by atoms with van der Waals surface area (Å²) >= 11 is 0. The molecule has 2 aromatic heterocycles. The van der Waals surface area contributed by atoms with Crippen LogP contribution < -0.4 is 10.6 Å². The van der Waals surface area contributed by atoms with Crippen molar-refractivity contribution in [3.8, 4) is 0 Å². The lowest BCUT2D eigenvalue weighted by Gasteiger charge is -2.06. The number of aryl methyl sites for hydroxylation is 1. The first-order chi connectivity index (χ1) is 11.1. The standard InChI is InChI=1S/C17H16N4O2/c1-11-16(12-6-2-3-7-13(12)20-11)17(23)19-10-15(22)21-14-8-4-5-9-18-14/h2-9,20H,10H2,1H3,(H,19,23)(H,18,21,22). The predicted molar refractivity (Wildman–Crippen MR) is 88.2 cm³/mol. The van der Waals surface area contributed by atoms with Gasteiger partial charge in [-0.2, -0.15) is 0 Å². The van der Waals surface area contributed by atoms with Crippen molar-refractivity contribution in [1.82, 2.24) is 15.3 Å². The van der Waals surface area contributed by atoms with Crippen LogP contribution in [0.1, 0.15) is 16.1 Å². The van der Waals surface area contributed by atoms with Crippen LogP contribution in [-0.4, -0.2) is 28.3 Å². The van der Waals surface area contributed by atoms with E-state index in [1.54, 1.807) is 24.4 Å². The number of hydrogen-bond acceptors (Lipinski definition) is 3. The number of anilines is 1. The minimum Gasteiger partial charge on any atom is -0.358 e. The van der Waals surface area contributed by atoms with Gasteiger partial charge >= 0.3 is 0 Å². The van der Waals surface area contributed by atoms with Crippen molar-refractivity contribution in [3.05, 3.63) is 59.9 Å². The van der Waals surface area contributed by atoms with E-state index in [2.05, 4.69) is 20.6 Å². The number of H-pyrrole nitrogens is 1. The maximum Gasteiger partial charge on any atom is 0.254 e. The average molecular weight is 308 g/mol. The molecule has 0 aliphatic rings. The number of amides is 2. The van der Waals surface area contributed by atoms with E-state index >= 15 is 0 Å². The van der Waals surface area contributed by atoms with Crippen molar-refractivity contribution in [2.24, 2.45) is 0 Å². The fourth-order valence-corrected chi connectivity index (χ4v) is 2.44. The van der Waals surface area contributed by atoms with Crippen LogP contribution in [-0.2, 0) is 4.79 Å². The van der Waals surface area contributed by atoms with E-state index in [-0.39, 0.29) is 18.4 Å². The Morgan fingerprint density at radius 2 is 1.91 bits per heavy atom. The van der Waals surface area contributed by atoms with E-state index in [0.717, 1.165) is 16.6 Å². The second-order valence-corrected chi connectivity index (χ2v) is 5.12. The second kappa shape index (κ2) is 6.31. The number of pyridine rings is 1. The number of aromatic amines is 1. The molecule has 3 N–H and O–H groups in total. The number of benzene rings is 1. The highest BCUT2D eigenvalue weighted by Crippen LogP contribution is 2.21. The van der Waals surface area contributed by atoms with Gasteiger partial charge in [-0.1, -0.05) is 24.3 Å². The van der Waals surface area contributed by atoms with Crippen LogP contribution in [0.2, 0.25) is 0 Å². The normalized spacial score (nSPS) is 10.5. The van der Waals surface area contributed by atoms with Crippen molar-refractivity contribution in [2.75, 3.05) is 11.9 Å². The maximum absolute atomic E-state index is 12.4. The number of nitrogens with one attached hydrogen (secondary N) is 3. The molecule has 0 saturated carbocycles. The van der Waals surface area contributed by atoms with Gasteiger partial charge < -0.3 is 15.6 Å². The van der Waals surface area contributed by atoms with Crippen LogP contribution in [0.15, 0.2) is 48.7 Å². The largest absolute Gasteiger partial charge is 0.358 e. The molecule has 0 radical (unpaired) electrons. The SMILES string of the molecule is Cc1[nH]c2ccccc2c1C(=O)NCC(=O)Nc1ccccn1. The highest BCUT2D eigenvalue weighted by Gasteiger charge is 2.16. The number of rotatable bonds is 4. The van der Waals surface area contributed by atoms with Crippen molar-refractivity contribution >= 4 is 28.5 Å². The molecule has 6 heteroatoms. The molecule has 23 heavy (non-hydrogen) atoms. The smallest absolute Gasteiger partial charge is 0.254 e. The first-order valence-corrected chi connectivity index (χ1v) is 7.21. The monoisotopic (exact) mass is 308 g/mol. The van der Waals surface area contributed by atoms with Gasteiger partial charge in [0, 0.05) is 22.8 Å². The third-order valence-corrected chi connectivity index (χ3v) is 3.46. The Kier molecular flexibility index (Phi) is 4.05. The Morgan fingerprint density at radius 1 is 1.13 bits per heavy atom. The molecular formula is C17H16N4O2. The summed E-state index contributed by atoms with van der Waals surface area (Å²) in [6.07, 6.45) is 1.59. The van der Waals surface area contributed by atoms with Gasteiger partial charge in [-0.05, 0) is 25.1 Å². The summed E-state index contributed by atoms with van der Waals surface area (Å²) in [4.78, 5) is 31.4. The molecule has 1 aromatic carbocycles. The van der Waals surface area contributed by atoms with E-state index in [1.807, 2.05) is 31.2 Å². The number of carbonyl (C=O) groups is 2. The molecule has 0 fully saturated rings. The van der Waals surface area contributed by atoms with Gasteiger partial charge in [0.25, 0.3) is 5.91 Å². The van der Waals surface area contributed by atoms with Crippen molar-refractivity contribution in [2.45, 2.75) is 6.92 Å². The van der Waals surface area contributed by atoms with Gasteiger partial charge in [-0.15, -0.1) is 0 Å². The molecule has 0 aliphatic heterocycles. The third kappa shape index (κ3) is 3.21. The summed E-state index contributed by atoms with van der Waals surface area (Å²) in [7, 11) is 0. The fraction of sp³-hybridized carbons (Fsp3) is 0.118. The van der Waals surface area contributed by atoms with Crippen molar-refractivity contribution in [1.29, 1.82) is 0 Å². The Labute approximate surface area is 132 Å². The van der Waals surface area contributed by atoms with Crippen molar-refractivity contribution < 1.29 is 9.59 Å². The van der Waals surface area contributed by atoms with Crippen LogP contribution >= 0.6 is 0 Å². The zero-order valence-corrected chi connectivity index (χ0v) is 12.6. The van der Waals surface area contributed by atoms with E-state index in [1.165, 1.54) is 0 Å². The zero-order valence-electron chi connectivity index (χ0n) is 12.6. The molecule has 0 atom stereocenters. The summed E-state index contributed by atoms with van der Waals surface area (Å²) in [5.74, 6) is -0.152. The van der Waals surface area contributed by atoms with Crippen LogP contribution in [0, 0.1) is 6.92 Å². The van der Waals surface area contributed by atoms with Crippen LogP contribution in [0.5, 0.6) is 0 Å². The highest BCUT2D eigenvalue weighted by molar-refractivity contribution is 6.09. The van der Waals surface area contributed by atoms with Gasteiger partial charge in [0.05, 0.1) is 12.1 Å². The number of fused-ring (bicyclic) bond motifs is 1. The molecular weight excluding hydrogens is 292 g/mol. The number of aromatic nitrogens is 2. The molecule has 0 saturated heterocycles. The minimum absolute atomic E-state index is 0.117. The maximum atomic E-state index is 12.4. The van der Waals surface area contributed by atoms with Gasteiger partial charge in [0.2, 0.25) is 5.91 Å². The molecule has 3 aromatic rings. The van der Waals surface area contributed by atoms with Gasteiger partial charge in [-0.3, -0.25) is 9.59 Å². The fourth-order valence-electron chi connectivity index (χ4n) is 2.44. The number of hydrogen-bond donors (Lipinski definition) is 3. The molecule has 2 heterocycles. The summed E-state index contributed by atoms with van der Waals surface area (Å²) in [6.45, 7) is 1.72. The van der Waals surface area contributed by atoms with E-state index in [0.29, 0.717) is 11.4 Å². The molecule has 6 nitrogen and oxygen atoms in total. The first-order valence-electron chi connectivity index (χ1n) is 7.21.